The summed E-state index contributed by atoms with van der Waals surface area (Å²) in [6.45, 7) is 6.13. The molecule has 0 N–H and O–H groups in total. The summed E-state index contributed by atoms with van der Waals surface area (Å²) in [6, 6.07) is 0. The Kier molecular flexibility index (Phi) is 4.83. The van der Waals surface area contributed by atoms with Crippen LogP contribution in [-0.4, -0.2) is 5.66 Å². The van der Waals surface area contributed by atoms with Gasteiger partial charge in [0, 0.05) is 5.66 Å². The molecule has 0 bridgehead atoms. The van der Waals surface area contributed by atoms with Crippen LogP contribution < -0.4 is 0 Å². The van der Waals surface area contributed by atoms with Gasteiger partial charge in [-0.3, -0.25) is 0 Å². The molecule has 3 unspecified atom stereocenters. The molecule has 3 atom stereocenters. The fourth-order valence-electron chi connectivity index (χ4n) is 2.38. The topological polar surface area (TPSA) is 0 Å². The third-order valence-electron chi connectivity index (χ3n) is 3.24. The average Bonchev–Trinajstić information content (AvgIpc) is 2.03. The van der Waals surface area contributed by atoms with Crippen LogP contribution in [0.2, 0.25) is 0 Å². The number of hydrogen-bond donors (Lipinski definition) is 0. The largest absolute Gasteiger partial charge is 0.0889 e. The second-order valence-corrected chi connectivity index (χ2v) is 8.54. The van der Waals surface area contributed by atoms with Crippen LogP contribution in [0, 0.1) is 17.8 Å². The summed E-state index contributed by atoms with van der Waals surface area (Å²) >= 11 is 12.2. The number of hydrogen-bond acceptors (Lipinski definition) is 0. The minimum Gasteiger partial charge on any atom is -0.0778 e. The summed E-state index contributed by atoms with van der Waals surface area (Å²) in [5.41, 5.74) is 0.585. The van der Waals surface area contributed by atoms with Gasteiger partial charge in [0.2, 0.25) is 0 Å². The molecule has 0 saturated heterocycles. The maximum atomic E-state index is 6.09. The van der Waals surface area contributed by atoms with Crippen molar-refractivity contribution in [1.82, 2.24) is 0 Å². The summed E-state index contributed by atoms with van der Waals surface area (Å²) in [5, 5.41) is 0. The van der Waals surface area contributed by atoms with E-state index in [4.69, 9.17) is 22.5 Å². The smallest absolute Gasteiger partial charge is 0.0778 e. The van der Waals surface area contributed by atoms with Crippen LogP contribution in [0.15, 0.2) is 0 Å². The second kappa shape index (κ2) is 5.19. The van der Waals surface area contributed by atoms with E-state index in [1.807, 2.05) is 0 Å². The molecule has 13 heavy (non-hydrogen) atoms. The third kappa shape index (κ3) is 3.26. The Hall–Kier alpha value is 1.01. The maximum Gasteiger partial charge on any atom is 0.0889 e. The van der Waals surface area contributed by atoms with Gasteiger partial charge in [0.1, 0.15) is 0 Å². The summed E-state index contributed by atoms with van der Waals surface area (Å²) in [7, 11) is 0. The van der Waals surface area contributed by atoms with Crippen LogP contribution in [0.1, 0.15) is 40.0 Å². The summed E-state index contributed by atoms with van der Waals surface area (Å²) in [5.74, 6) is 2.32. The van der Waals surface area contributed by atoms with E-state index in [1.54, 1.807) is 0 Å². The van der Waals surface area contributed by atoms with Crippen LogP contribution in [0.5, 0.6) is 0 Å². The molecule has 1 fully saturated rings. The van der Waals surface area contributed by atoms with Crippen LogP contribution in [0.3, 0.4) is 0 Å². The Morgan fingerprint density at radius 2 is 1.85 bits per heavy atom. The van der Waals surface area contributed by atoms with E-state index in [0.29, 0.717) is 5.66 Å². The molecular weight excluding hydrogens is 222 g/mol. The van der Waals surface area contributed by atoms with E-state index >= 15 is 0 Å². The zero-order chi connectivity index (χ0) is 10.0. The van der Waals surface area contributed by atoms with Gasteiger partial charge in [0.05, 0.1) is 6.63 Å². The standard InChI is InChI=1S/C10H19Cl2P/c1-7(2)9-5-4-8(3)6-10(9)13(11)12/h7-10H,4-6H2,1-3H3. The molecule has 1 aliphatic carbocycles. The fraction of sp³-hybridized carbons (Fsp3) is 1.00. The molecule has 0 spiro atoms. The van der Waals surface area contributed by atoms with Crippen molar-refractivity contribution in [2.75, 3.05) is 0 Å². The molecular formula is C10H19Cl2P. The number of halogens is 2. The Bertz CT molecular complexity index is 159. The highest BCUT2D eigenvalue weighted by Crippen LogP contribution is 2.59. The van der Waals surface area contributed by atoms with E-state index in [2.05, 4.69) is 20.8 Å². The first-order chi connectivity index (χ1) is 6.02. The zero-order valence-electron chi connectivity index (χ0n) is 8.63. The van der Waals surface area contributed by atoms with E-state index in [1.165, 1.54) is 19.3 Å². The maximum absolute atomic E-state index is 6.09. The number of rotatable bonds is 2. The minimum absolute atomic E-state index is 0.585. The van der Waals surface area contributed by atoms with Crippen molar-refractivity contribution in [3.05, 3.63) is 0 Å². The lowest BCUT2D eigenvalue weighted by molar-refractivity contribution is 0.243. The Labute approximate surface area is 92.7 Å². The van der Waals surface area contributed by atoms with E-state index < -0.39 is 6.63 Å². The molecule has 0 aromatic carbocycles. The van der Waals surface area contributed by atoms with Gasteiger partial charge in [-0.2, -0.15) is 0 Å². The van der Waals surface area contributed by atoms with Crippen molar-refractivity contribution in [3.63, 3.8) is 0 Å². The first-order valence-electron chi connectivity index (χ1n) is 5.13. The average molecular weight is 241 g/mol. The van der Waals surface area contributed by atoms with Crippen molar-refractivity contribution >= 4 is 29.1 Å². The van der Waals surface area contributed by atoms with Crippen molar-refractivity contribution in [2.45, 2.75) is 45.7 Å². The van der Waals surface area contributed by atoms with Crippen LogP contribution in [-0.2, 0) is 0 Å². The van der Waals surface area contributed by atoms with Gasteiger partial charge in [-0.05, 0) is 30.6 Å². The van der Waals surface area contributed by atoms with Crippen molar-refractivity contribution in [2.24, 2.45) is 17.8 Å². The highest BCUT2D eigenvalue weighted by atomic mass is 35.9. The zero-order valence-corrected chi connectivity index (χ0v) is 11.0. The first kappa shape index (κ1) is 12.1. The SMILES string of the molecule is CC1CCC(C(C)C)C(P(Cl)Cl)C1. The first-order valence-corrected chi connectivity index (χ1v) is 8.35. The molecule has 0 aliphatic heterocycles. The summed E-state index contributed by atoms with van der Waals surface area (Å²) in [4.78, 5) is 0. The molecule has 0 radical (unpaired) electrons. The lowest BCUT2D eigenvalue weighted by Gasteiger charge is -2.37. The monoisotopic (exact) mass is 240 g/mol. The molecule has 0 aromatic heterocycles. The lowest BCUT2D eigenvalue weighted by Crippen LogP contribution is -2.29. The predicted molar refractivity (Wildman–Crippen MR) is 63.8 cm³/mol. The predicted octanol–water partition coefficient (Wildman–Crippen LogP) is 5.24. The van der Waals surface area contributed by atoms with Gasteiger partial charge in [0.25, 0.3) is 0 Å². The minimum atomic E-state index is -0.773. The molecule has 0 aromatic rings. The summed E-state index contributed by atoms with van der Waals surface area (Å²) < 4.78 is 0. The fourth-order valence-corrected chi connectivity index (χ4v) is 5.02. The highest BCUT2D eigenvalue weighted by molar-refractivity contribution is 8.04. The van der Waals surface area contributed by atoms with Gasteiger partial charge in [-0.25, -0.2) is 0 Å². The van der Waals surface area contributed by atoms with Crippen LogP contribution >= 0.6 is 29.1 Å². The molecule has 3 heteroatoms. The van der Waals surface area contributed by atoms with E-state index in [-0.39, 0.29) is 0 Å². The van der Waals surface area contributed by atoms with Crippen molar-refractivity contribution in [3.8, 4) is 0 Å². The van der Waals surface area contributed by atoms with Crippen LogP contribution in [0.4, 0.5) is 0 Å². The van der Waals surface area contributed by atoms with Gasteiger partial charge in [-0.15, -0.1) is 0 Å². The second-order valence-electron chi connectivity index (χ2n) is 4.65. The molecule has 1 rings (SSSR count). The molecule has 1 aliphatic rings. The molecule has 1 saturated carbocycles. The van der Waals surface area contributed by atoms with Crippen molar-refractivity contribution in [1.29, 1.82) is 0 Å². The van der Waals surface area contributed by atoms with Crippen molar-refractivity contribution < 1.29 is 0 Å². The summed E-state index contributed by atoms with van der Waals surface area (Å²) in [6.07, 6.45) is 3.92. The highest BCUT2D eigenvalue weighted by Gasteiger charge is 2.34. The van der Waals surface area contributed by atoms with E-state index in [9.17, 15) is 0 Å². The molecule has 0 heterocycles. The lowest BCUT2D eigenvalue weighted by atomic mass is 9.77. The Balaban J connectivity index is 2.60. The van der Waals surface area contributed by atoms with E-state index in [0.717, 1.165) is 17.8 Å². The van der Waals surface area contributed by atoms with Gasteiger partial charge in [0.15, 0.2) is 0 Å². The normalized spacial score (nSPS) is 35.8. The van der Waals surface area contributed by atoms with Crippen LogP contribution in [0.25, 0.3) is 0 Å². The third-order valence-corrected chi connectivity index (χ3v) is 5.84. The van der Waals surface area contributed by atoms with Gasteiger partial charge < -0.3 is 0 Å². The van der Waals surface area contributed by atoms with Gasteiger partial charge in [-0.1, -0.05) is 49.7 Å². The molecule has 0 nitrogen and oxygen atoms in total. The molecule has 78 valence electrons. The Morgan fingerprint density at radius 1 is 1.23 bits per heavy atom. The Morgan fingerprint density at radius 3 is 2.31 bits per heavy atom. The quantitative estimate of drug-likeness (QED) is 0.580. The van der Waals surface area contributed by atoms with Gasteiger partial charge >= 0.3 is 0 Å². The molecule has 0 amide bonds.